The molecule has 0 aromatic heterocycles. The molecule has 0 N–H and O–H groups in total. The van der Waals surface area contributed by atoms with Crippen molar-refractivity contribution < 1.29 is 9.47 Å². The van der Waals surface area contributed by atoms with E-state index in [0.717, 1.165) is 25.0 Å². The predicted octanol–water partition coefficient (Wildman–Crippen LogP) is 3.82. The summed E-state index contributed by atoms with van der Waals surface area (Å²) in [5.41, 5.74) is 0. The normalized spacial score (nSPS) is 14.4. The van der Waals surface area contributed by atoms with E-state index in [1.807, 2.05) is 37.3 Å². The van der Waals surface area contributed by atoms with Crippen LogP contribution in [0.5, 0.6) is 5.75 Å². The van der Waals surface area contributed by atoms with Crippen LogP contribution in [0.2, 0.25) is 0 Å². The summed E-state index contributed by atoms with van der Waals surface area (Å²) >= 11 is 0. The number of rotatable bonds is 7. The van der Waals surface area contributed by atoms with Gasteiger partial charge in [-0.3, -0.25) is 0 Å². The Morgan fingerprint density at radius 1 is 1.19 bits per heavy atom. The molecule has 1 aromatic rings. The highest BCUT2D eigenvalue weighted by atomic mass is 16.7. The lowest BCUT2D eigenvalue weighted by Gasteiger charge is -2.30. The smallest absolute Gasteiger partial charge is 0.210 e. The van der Waals surface area contributed by atoms with Crippen LogP contribution in [-0.4, -0.2) is 12.4 Å². The predicted molar refractivity (Wildman–Crippen MR) is 66.3 cm³/mol. The Kier molecular flexibility index (Phi) is 5.33. The van der Waals surface area contributed by atoms with Crippen LogP contribution in [0.4, 0.5) is 0 Å². The van der Waals surface area contributed by atoms with Crippen LogP contribution in [0.25, 0.3) is 0 Å². The van der Waals surface area contributed by atoms with Crippen LogP contribution >= 0.6 is 0 Å². The first-order valence-corrected chi connectivity index (χ1v) is 5.93. The summed E-state index contributed by atoms with van der Waals surface area (Å²) in [5.74, 6) is 0.0635. The molecule has 0 spiro atoms. The molecule has 0 aliphatic rings. The molecule has 89 valence electrons. The van der Waals surface area contributed by atoms with Gasteiger partial charge in [-0.05, 0) is 25.5 Å². The molecule has 0 amide bonds. The van der Waals surface area contributed by atoms with Crippen molar-refractivity contribution in [1.29, 1.82) is 0 Å². The van der Waals surface area contributed by atoms with Gasteiger partial charge in [-0.15, -0.1) is 0 Å². The van der Waals surface area contributed by atoms with E-state index in [0.29, 0.717) is 6.61 Å². The van der Waals surface area contributed by atoms with Gasteiger partial charge in [0.1, 0.15) is 5.75 Å². The Morgan fingerprint density at radius 3 is 2.44 bits per heavy atom. The second-order valence-corrected chi connectivity index (χ2v) is 3.86. The van der Waals surface area contributed by atoms with E-state index in [9.17, 15) is 0 Å². The van der Waals surface area contributed by atoms with Crippen LogP contribution in [0, 0.1) is 6.92 Å². The first-order chi connectivity index (χ1) is 7.70. The van der Waals surface area contributed by atoms with Gasteiger partial charge in [-0.1, -0.05) is 31.5 Å². The number of para-hydroxylation sites is 1. The molecule has 2 heteroatoms. The third kappa shape index (κ3) is 4.23. The zero-order valence-corrected chi connectivity index (χ0v) is 10.2. The van der Waals surface area contributed by atoms with Gasteiger partial charge in [0.2, 0.25) is 5.79 Å². The van der Waals surface area contributed by atoms with Crippen molar-refractivity contribution in [1.82, 2.24) is 0 Å². The Labute approximate surface area is 98.6 Å². The highest BCUT2D eigenvalue weighted by molar-refractivity contribution is 5.21. The maximum absolute atomic E-state index is 5.81. The SMILES string of the molecule is [CH2]C(CCCC)(OCC)Oc1ccccc1. The lowest BCUT2D eigenvalue weighted by molar-refractivity contribution is -0.151. The van der Waals surface area contributed by atoms with Gasteiger partial charge in [-0.2, -0.15) is 0 Å². The van der Waals surface area contributed by atoms with Crippen molar-refractivity contribution in [2.75, 3.05) is 6.61 Å². The quantitative estimate of drug-likeness (QED) is 0.652. The fourth-order valence-corrected chi connectivity index (χ4v) is 1.57. The molecule has 0 aliphatic carbocycles. The standard InChI is InChI=1S/C14H21O2/c1-4-6-12-14(3,15-5-2)16-13-10-8-7-9-11-13/h7-11H,3-6,12H2,1-2H3. The summed E-state index contributed by atoms with van der Waals surface area (Å²) in [7, 11) is 0. The number of ether oxygens (including phenoxy) is 2. The molecule has 1 aromatic carbocycles. The fourth-order valence-electron chi connectivity index (χ4n) is 1.57. The first-order valence-electron chi connectivity index (χ1n) is 5.93. The van der Waals surface area contributed by atoms with Gasteiger partial charge in [0, 0.05) is 20.0 Å². The monoisotopic (exact) mass is 221 g/mol. The molecule has 2 nitrogen and oxygen atoms in total. The van der Waals surface area contributed by atoms with Crippen LogP contribution in [0.3, 0.4) is 0 Å². The fraction of sp³-hybridized carbons (Fsp3) is 0.500. The summed E-state index contributed by atoms with van der Waals surface area (Å²) in [4.78, 5) is 0. The molecule has 16 heavy (non-hydrogen) atoms. The zero-order valence-electron chi connectivity index (χ0n) is 10.2. The van der Waals surface area contributed by atoms with Gasteiger partial charge in [0.15, 0.2) is 0 Å². The van der Waals surface area contributed by atoms with Crippen LogP contribution in [0.1, 0.15) is 33.1 Å². The molecular formula is C14H21O2. The number of benzene rings is 1. The summed E-state index contributed by atoms with van der Waals surface area (Å²) in [6, 6.07) is 9.70. The molecule has 1 unspecified atom stereocenters. The zero-order chi connectivity index (χ0) is 11.9. The molecule has 0 aliphatic heterocycles. The van der Waals surface area contributed by atoms with Crippen molar-refractivity contribution in [2.24, 2.45) is 0 Å². The van der Waals surface area contributed by atoms with Gasteiger partial charge in [0.05, 0.1) is 0 Å². The Hall–Kier alpha value is -1.02. The largest absolute Gasteiger partial charge is 0.462 e. The molecular weight excluding hydrogens is 200 g/mol. The minimum atomic E-state index is -0.744. The summed E-state index contributed by atoms with van der Waals surface area (Å²) in [5, 5.41) is 0. The first kappa shape index (κ1) is 13.0. The van der Waals surface area contributed by atoms with E-state index in [1.54, 1.807) is 0 Å². The minimum Gasteiger partial charge on any atom is -0.462 e. The lowest BCUT2D eigenvalue weighted by atomic mass is 10.1. The van der Waals surface area contributed by atoms with E-state index in [-0.39, 0.29) is 0 Å². The van der Waals surface area contributed by atoms with Crippen molar-refractivity contribution in [3.8, 4) is 5.75 Å². The van der Waals surface area contributed by atoms with E-state index in [1.165, 1.54) is 0 Å². The molecule has 0 bridgehead atoms. The minimum absolute atomic E-state index is 0.611. The summed E-state index contributed by atoms with van der Waals surface area (Å²) in [6.07, 6.45) is 2.98. The Bertz CT molecular complexity index is 284. The van der Waals surface area contributed by atoms with E-state index in [4.69, 9.17) is 9.47 Å². The lowest BCUT2D eigenvalue weighted by Crippen LogP contribution is -2.36. The second kappa shape index (κ2) is 6.54. The molecule has 0 saturated heterocycles. The molecule has 0 fully saturated rings. The average Bonchev–Trinajstić information content (AvgIpc) is 2.28. The molecule has 1 rings (SSSR count). The number of hydrogen-bond acceptors (Lipinski definition) is 2. The van der Waals surface area contributed by atoms with Gasteiger partial charge in [-0.25, -0.2) is 0 Å². The van der Waals surface area contributed by atoms with E-state index in [2.05, 4.69) is 13.8 Å². The van der Waals surface area contributed by atoms with Gasteiger partial charge in [0.25, 0.3) is 0 Å². The Morgan fingerprint density at radius 2 is 1.88 bits per heavy atom. The molecule has 0 heterocycles. The van der Waals surface area contributed by atoms with Crippen LogP contribution < -0.4 is 4.74 Å². The van der Waals surface area contributed by atoms with E-state index < -0.39 is 5.79 Å². The highest BCUT2D eigenvalue weighted by Gasteiger charge is 2.26. The third-order valence-corrected chi connectivity index (χ3v) is 2.37. The Balaban J connectivity index is 2.62. The topological polar surface area (TPSA) is 18.5 Å². The summed E-state index contributed by atoms with van der Waals surface area (Å²) in [6.45, 7) is 8.77. The van der Waals surface area contributed by atoms with Crippen LogP contribution in [-0.2, 0) is 4.74 Å². The number of unbranched alkanes of at least 4 members (excludes halogenated alkanes) is 1. The van der Waals surface area contributed by atoms with E-state index >= 15 is 0 Å². The van der Waals surface area contributed by atoms with Gasteiger partial charge >= 0.3 is 0 Å². The van der Waals surface area contributed by atoms with Crippen molar-refractivity contribution in [2.45, 2.75) is 38.9 Å². The average molecular weight is 221 g/mol. The van der Waals surface area contributed by atoms with Crippen molar-refractivity contribution >= 4 is 0 Å². The third-order valence-electron chi connectivity index (χ3n) is 2.37. The molecule has 1 radical (unpaired) electrons. The van der Waals surface area contributed by atoms with Gasteiger partial charge < -0.3 is 9.47 Å². The summed E-state index contributed by atoms with van der Waals surface area (Å²) < 4.78 is 11.4. The second-order valence-electron chi connectivity index (χ2n) is 3.86. The number of hydrogen-bond donors (Lipinski definition) is 0. The highest BCUT2D eigenvalue weighted by Crippen LogP contribution is 2.23. The van der Waals surface area contributed by atoms with Crippen LogP contribution in [0.15, 0.2) is 30.3 Å². The van der Waals surface area contributed by atoms with Crippen molar-refractivity contribution in [3.63, 3.8) is 0 Å². The maximum Gasteiger partial charge on any atom is 0.210 e. The molecule has 0 saturated carbocycles. The van der Waals surface area contributed by atoms with Crippen molar-refractivity contribution in [3.05, 3.63) is 37.3 Å². The molecule has 1 atom stereocenters. The maximum atomic E-state index is 5.81.